The molecule has 0 bridgehead atoms. The molecule has 0 saturated carbocycles. The maximum absolute atomic E-state index is 7.02. The second kappa shape index (κ2) is 5.38. The molecule has 0 rings (SSSR count). The van der Waals surface area contributed by atoms with Crippen LogP contribution in [0.5, 0.6) is 0 Å². The van der Waals surface area contributed by atoms with Gasteiger partial charge in [0.1, 0.15) is 5.17 Å². The van der Waals surface area contributed by atoms with Crippen LogP contribution in [0, 0.1) is 5.41 Å². The van der Waals surface area contributed by atoms with Gasteiger partial charge in [0.2, 0.25) is 0 Å². The van der Waals surface area contributed by atoms with Gasteiger partial charge in [-0.15, -0.1) is 0 Å². The van der Waals surface area contributed by atoms with E-state index in [0.29, 0.717) is 4.91 Å². The van der Waals surface area contributed by atoms with Crippen molar-refractivity contribution in [3.8, 4) is 0 Å². The van der Waals surface area contributed by atoms with E-state index in [2.05, 4.69) is 11.6 Å². The fourth-order valence-electron chi connectivity index (χ4n) is 0.478. The maximum atomic E-state index is 7.02. The summed E-state index contributed by atoms with van der Waals surface area (Å²) in [5.41, 5.74) is 0. The topological polar surface area (TPSA) is 36.2 Å². The van der Waals surface area contributed by atoms with E-state index in [1.54, 1.807) is 0 Å². The van der Waals surface area contributed by atoms with Gasteiger partial charge in [0, 0.05) is 11.4 Å². The minimum atomic E-state index is -0.0133. The number of hydrogen-bond donors (Lipinski definition) is 1. The number of halogens is 1. The van der Waals surface area contributed by atoms with E-state index in [9.17, 15) is 0 Å². The highest BCUT2D eigenvalue weighted by molar-refractivity contribution is 8.18. The van der Waals surface area contributed by atoms with E-state index in [4.69, 9.17) is 17.0 Å². The minimum absolute atomic E-state index is 0.0133. The van der Waals surface area contributed by atoms with E-state index in [-0.39, 0.29) is 5.17 Å². The standard InChI is InChI=1S/C7H11ClN2S/c1-4-10-6(3)11-5(2)7(8)9/h9H,2,4H2,1,3H3/b9-7?,10-6+. The highest BCUT2D eigenvalue weighted by Gasteiger charge is 2.00. The molecule has 0 aromatic rings. The Kier molecular flexibility index (Phi) is 5.24. The lowest BCUT2D eigenvalue weighted by atomic mass is 10.7. The molecule has 0 aliphatic heterocycles. The Labute approximate surface area is 76.2 Å². The number of nitrogens with one attached hydrogen (secondary N) is 1. The van der Waals surface area contributed by atoms with Crippen LogP contribution in [-0.4, -0.2) is 16.8 Å². The Morgan fingerprint density at radius 2 is 2.27 bits per heavy atom. The quantitative estimate of drug-likeness (QED) is 0.539. The van der Waals surface area contributed by atoms with Gasteiger partial charge in [-0.25, -0.2) is 0 Å². The van der Waals surface area contributed by atoms with Gasteiger partial charge in [0.15, 0.2) is 0 Å². The molecule has 0 saturated heterocycles. The van der Waals surface area contributed by atoms with Crippen molar-refractivity contribution in [3.05, 3.63) is 11.5 Å². The molecule has 0 spiro atoms. The smallest absolute Gasteiger partial charge is 0.134 e. The molecule has 1 N–H and O–H groups in total. The summed E-state index contributed by atoms with van der Waals surface area (Å²) < 4.78 is 0. The Bertz CT molecular complexity index is 199. The van der Waals surface area contributed by atoms with Crippen molar-refractivity contribution < 1.29 is 0 Å². The van der Waals surface area contributed by atoms with Crippen molar-refractivity contribution in [2.24, 2.45) is 4.99 Å². The summed E-state index contributed by atoms with van der Waals surface area (Å²) in [4.78, 5) is 4.65. The van der Waals surface area contributed by atoms with Crippen molar-refractivity contribution in [2.75, 3.05) is 6.54 Å². The average molecular weight is 191 g/mol. The Morgan fingerprint density at radius 1 is 1.73 bits per heavy atom. The fraction of sp³-hybridized carbons (Fsp3) is 0.429. The zero-order chi connectivity index (χ0) is 8.85. The van der Waals surface area contributed by atoms with E-state index >= 15 is 0 Å². The van der Waals surface area contributed by atoms with Gasteiger partial charge in [-0.05, 0) is 13.8 Å². The van der Waals surface area contributed by atoms with Crippen molar-refractivity contribution in [3.63, 3.8) is 0 Å². The van der Waals surface area contributed by atoms with Crippen molar-refractivity contribution in [2.45, 2.75) is 13.8 Å². The highest BCUT2D eigenvalue weighted by Crippen LogP contribution is 2.17. The second-order valence-electron chi connectivity index (χ2n) is 1.83. The monoisotopic (exact) mass is 190 g/mol. The molecule has 0 aromatic carbocycles. The SMILES string of the molecule is C=C(S/C(C)=N/CC)C(=N)Cl. The summed E-state index contributed by atoms with van der Waals surface area (Å²) in [5.74, 6) is 0. The first-order chi connectivity index (χ1) is 5.07. The predicted octanol–water partition coefficient (Wildman–Crippen LogP) is 2.89. The summed E-state index contributed by atoms with van der Waals surface area (Å²) in [7, 11) is 0. The van der Waals surface area contributed by atoms with E-state index in [1.165, 1.54) is 11.8 Å². The molecule has 0 fully saturated rings. The molecule has 0 aliphatic rings. The molecule has 11 heavy (non-hydrogen) atoms. The van der Waals surface area contributed by atoms with Crippen molar-refractivity contribution in [1.29, 1.82) is 5.41 Å². The first-order valence-electron chi connectivity index (χ1n) is 3.20. The molecule has 0 aromatic heterocycles. The Morgan fingerprint density at radius 3 is 2.64 bits per heavy atom. The number of aliphatic imine (C=N–C) groups is 1. The van der Waals surface area contributed by atoms with E-state index in [0.717, 1.165) is 11.6 Å². The summed E-state index contributed by atoms with van der Waals surface area (Å²) in [6, 6.07) is 0. The van der Waals surface area contributed by atoms with Gasteiger partial charge in [0.05, 0.1) is 5.04 Å². The van der Waals surface area contributed by atoms with Crippen LogP contribution in [-0.2, 0) is 0 Å². The van der Waals surface area contributed by atoms with Crippen LogP contribution in [0.3, 0.4) is 0 Å². The third kappa shape index (κ3) is 5.04. The molecule has 0 unspecified atom stereocenters. The van der Waals surface area contributed by atoms with Crippen LogP contribution in [0.25, 0.3) is 0 Å². The lowest BCUT2D eigenvalue weighted by Gasteiger charge is -1.99. The van der Waals surface area contributed by atoms with Crippen LogP contribution in [0.2, 0.25) is 0 Å². The summed E-state index contributed by atoms with van der Waals surface area (Å²) >= 11 is 6.71. The zero-order valence-corrected chi connectivity index (χ0v) is 8.22. The molecule has 0 heterocycles. The Hall–Kier alpha value is -0.280. The lowest BCUT2D eigenvalue weighted by Crippen LogP contribution is -1.91. The molecular weight excluding hydrogens is 180 g/mol. The van der Waals surface area contributed by atoms with E-state index < -0.39 is 0 Å². The molecule has 62 valence electrons. The number of rotatable bonds is 3. The summed E-state index contributed by atoms with van der Waals surface area (Å²) in [6.07, 6.45) is 0. The largest absolute Gasteiger partial charge is 0.288 e. The van der Waals surface area contributed by atoms with E-state index in [1.807, 2.05) is 13.8 Å². The van der Waals surface area contributed by atoms with Gasteiger partial charge < -0.3 is 0 Å². The second-order valence-corrected chi connectivity index (χ2v) is 3.50. The highest BCUT2D eigenvalue weighted by atomic mass is 35.5. The van der Waals surface area contributed by atoms with Crippen molar-refractivity contribution >= 4 is 33.6 Å². The lowest BCUT2D eigenvalue weighted by molar-refractivity contribution is 1.13. The first-order valence-corrected chi connectivity index (χ1v) is 4.39. The van der Waals surface area contributed by atoms with Gasteiger partial charge in [-0.2, -0.15) is 0 Å². The number of allylic oxidation sites excluding steroid dienone is 1. The summed E-state index contributed by atoms with van der Waals surface area (Å²) in [5, 5.41) is 7.89. The average Bonchev–Trinajstić information content (AvgIpc) is 1.87. The predicted molar refractivity (Wildman–Crippen MR) is 54.0 cm³/mol. The third-order valence-corrected chi connectivity index (χ3v) is 2.11. The van der Waals surface area contributed by atoms with Gasteiger partial charge in [-0.3, -0.25) is 10.4 Å². The number of hydrogen-bond acceptors (Lipinski definition) is 3. The molecule has 0 amide bonds. The molecular formula is C7H11ClN2S. The third-order valence-electron chi connectivity index (χ3n) is 0.896. The first kappa shape index (κ1) is 10.7. The summed E-state index contributed by atoms with van der Waals surface area (Å²) in [6.45, 7) is 8.19. The maximum Gasteiger partial charge on any atom is 0.134 e. The number of nitrogens with zero attached hydrogens (tertiary/aromatic N) is 1. The molecule has 0 radical (unpaired) electrons. The zero-order valence-electron chi connectivity index (χ0n) is 6.65. The minimum Gasteiger partial charge on any atom is -0.288 e. The molecule has 0 atom stereocenters. The van der Waals surface area contributed by atoms with Crippen LogP contribution in [0.4, 0.5) is 0 Å². The van der Waals surface area contributed by atoms with Crippen LogP contribution in [0.1, 0.15) is 13.8 Å². The normalized spacial score (nSPS) is 11.4. The molecule has 4 heteroatoms. The van der Waals surface area contributed by atoms with Crippen molar-refractivity contribution in [1.82, 2.24) is 0 Å². The van der Waals surface area contributed by atoms with Crippen LogP contribution >= 0.6 is 23.4 Å². The fourth-order valence-corrected chi connectivity index (χ4v) is 1.23. The number of thioether (sulfide) groups is 1. The van der Waals surface area contributed by atoms with Gasteiger partial charge in [0.25, 0.3) is 0 Å². The van der Waals surface area contributed by atoms with Gasteiger partial charge >= 0.3 is 0 Å². The molecule has 2 nitrogen and oxygen atoms in total. The van der Waals surface area contributed by atoms with Crippen LogP contribution < -0.4 is 0 Å². The van der Waals surface area contributed by atoms with Crippen LogP contribution in [0.15, 0.2) is 16.5 Å². The molecule has 0 aliphatic carbocycles. The van der Waals surface area contributed by atoms with Gasteiger partial charge in [-0.1, -0.05) is 29.9 Å². The Balaban J connectivity index is 3.95.